The molecule has 174 valence electrons. The summed E-state index contributed by atoms with van der Waals surface area (Å²) in [5.41, 5.74) is 0. The van der Waals surface area contributed by atoms with Gasteiger partial charge in [0.1, 0.15) is 0 Å². The molecule has 7 heteroatoms. The van der Waals surface area contributed by atoms with E-state index >= 15 is 0 Å². The Morgan fingerprint density at radius 3 is 2.57 bits per heavy atom. The van der Waals surface area contributed by atoms with Gasteiger partial charge in [-0.05, 0) is 70.9 Å². The quantitative estimate of drug-likeness (QED) is 0.217. The lowest BCUT2D eigenvalue weighted by Gasteiger charge is -2.30. The second-order valence-electron chi connectivity index (χ2n) is 9.41. The van der Waals surface area contributed by atoms with Crippen molar-refractivity contribution in [1.82, 2.24) is 20.4 Å². The molecular formula is C23H44IN5O. The molecular weight excluding hydrogens is 489 g/mol. The van der Waals surface area contributed by atoms with Gasteiger partial charge in [-0.3, -0.25) is 9.79 Å². The molecule has 0 aromatic carbocycles. The number of halogens is 1. The Bertz CT molecular complexity index is 538. The van der Waals surface area contributed by atoms with Crippen molar-refractivity contribution < 1.29 is 4.79 Å². The van der Waals surface area contributed by atoms with Crippen LogP contribution in [0.5, 0.6) is 0 Å². The molecule has 0 radical (unpaired) electrons. The lowest BCUT2D eigenvalue weighted by molar-refractivity contribution is -0.134. The lowest BCUT2D eigenvalue weighted by Crippen LogP contribution is -2.45. The Hall–Kier alpha value is -0.570. The largest absolute Gasteiger partial charge is 0.357 e. The lowest BCUT2D eigenvalue weighted by atomic mass is 10.0. The fraction of sp³-hybridized carbons (Fsp3) is 0.913. The van der Waals surface area contributed by atoms with Crippen LogP contribution in [0.4, 0.5) is 0 Å². The van der Waals surface area contributed by atoms with Crippen LogP contribution in [-0.4, -0.2) is 73.5 Å². The monoisotopic (exact) mass is 533 g/mol. The number of amides is 1. The first kappa shape index (κ1) is 25.7. The fourth-order valence-corrected chi connectivity index (χ4v) is 5.15. The minimum atomic E-state index is 0. The number of aliphatic imine (C=N–C) groups is 1. The summed E-state index contributed by atoms with van der Waals surface area (Å²) in [5.74, 6) is 2.46. The van der Waals surface area contributed by atoms with E-state index in [0.717, 1.165) is 63.7 Å². The first-order valence-electron chi connectivity index (χ1n) is 12.2. The third-order valence-corrected chi connectivity index (χ3v) is 6.78. The molecule has 2 atom stereocenters. The number of nitrogens with one attached hydrogen (secondary N) is 2. The number of guanidine groups is 1. The van der Waals surface area contributed by atoms with E-state index in [9.17, 15) is 4.79 Å². The van der Waals surface area contributed by atoms with Gasteiger partial charge in [0.25, 0.3) is 0 Å². The molecule has 30 heavy (non-hydrogen) atoms. The number of unbranched alkanes of at least 4 members (excludes halogenated alkanes) is 1. The third kappa shape index (κ3) is 8.17. The number of carbonyl (C=O) groups excluding carboxylic acids is 1. The number of hydrogen-bond donors (Lipinski definition) is 2. The van der Waals surface area contributed by atoms with Gasteiger partial charge in [-0.1, -0.05) is 19.8 Å². The van der Waals surface area contributed by atoms with Gasteiger partial charge in [-0.2, -0.15) is 0 Å². The van der Waals surface area contributed by atoms with E-state index in [-0.39, 0.29) is 24.0 Å². The van der Waals surface area contributed by atoms with Crippen molar-refractivity contribution in [2.75, 3.05) is 45.8 Å². The number of hydrogen-bond acceptors (Lipinski definition) is 3. The van der Waals surface area contributed by atoms with Gasteiger partial charge >= 0.3 is 0 Å². The van der Waals surface area contributed by atoms with E-state index in [1.807, 2.05) is 0 Å². The molecule has 0 aromatic heterocycles. The molecule has 1 aliphatic carbocycles. The smallest absolute Gasteiger partial charge is 0.225 e. The molecule has 3 aliphatic rings. The Balaban J connectivity index is 0.00000320. The van der Waals surface area contributed by atoms with E-state index in [0.29, 0.717) is 17.9 Å². The second kappa shape index (κ2) is 13.8. The first-order valence-corrected chi connectivity index (χ1v) is 12.2. The molecule has 0 bridgehead atoms. The Morgan fingerprint density at radius 2 is 1.83 bits per heavy atom. The highest BCUT2D eigenvalue weighted by molar-refractivity contribution is 14.0. The highest BCUT2D eigenvalue weighted by Crippen LogP contribution is 2.27. The Morgan fingerprint density at radius 1 is 1.03 bits per heavy atom. The highest BCUT2D eigenvalue weighted by atomic mass is 127. The summed E-state index contributed by atoms with van der Waals surface area (Å²) < 4.78 is 0. The minimum absolute atomic E-state index is 0. The van der Waals surface area contributed by atoms with Crippen molar-refractivity contribution in [3.8, 4) is 0 Å². The maximum absolute atomic E-state index is 12.6. The van der Waals surface area contributed by atoms with Gasteiger partial charge in [0.2, 0.25) is 5.91 Å². The number of piperidine rings is 1. The SMILES string of the molecule is CCNC(=NCCCCN1CCCC(C)C1)NC1CCN(C(=O)C2CCCC2)C1.I. The first-order chi connectivity index (χ1) is 14.2. The molecule has 0 spiro atoms. The van der Waals surface area contributed by atoms with Crippen LogP contribution >= 0.6 is 24.0 Å². The zero-order valence-electron chi connectivity index (χ0n) is 19.2. The zero-order chi connectivity index (χ0) is 20.5. The topological polar surface area (TPSA) is 60.0 Å². The molecule has 0 aromatic rings. The van der Waals surface area contributed by atoms with Gasteiger partial charge in [0.15, 0.2) is 5.96 Å². The van der Waals surface area contributed by atoms with Crippen LogP contribution in [0.3, 0.4) is 0 Å². The molecule has 3 fully saturated rings. The van der Waals surface area contributed by atoms with Crippen LogP contribution < -0.4 is 10.6 Å². The van der Waals surface area contributed by atoms with Crippen LogP contribution in [0, 0.1) is 11.8 Å². The summed E-state index contributed by atoms with van der Waals surface area (Å²) >= 11 is 0. The number of likely N-dealkylation sites (tertiary alicyclic amines) is 2. The number of carbonyl (C=O) groups is 1. The number of rotatable bonds is 8. The zero-order valence-corrected chi connectivity index (χ0v) is 21.5. The molecule has 1 amide bonds. The fourth-order valence-electron chi connectivity index (χ4n) is 5.15. The van der Waals surface area contributed by atoms with Gasteiger partial charge in [-0.15, -0.1) is 24.0 Å². The van der Waals surface area contributed by atoms with Gasteiger partial charge in [0, 0.05) is 44.7 Å². The van der Waals surface area contributed by atoms with Crippen molar-refractivity contribution in [3.05, 3.63) is 0 Å². The molecule has 6 nitrogen and oxygen atoms in total. The summed E-state index contributed by atoms with van der Waals surface area (Å²) in [6, 6.07) is 0.327. The Kier molecular flexibility index (Phi) is 11.8. The third-order valence-electron chi connectivity index (χ3n) is 6.78. The van der Waals surface area contributed by atoms with Crippen molar-refractivity contribution >= 4 is 35.8 Å². The molecule has 2 unspecified atom stereocenters. The highest BCUT2D eigenvalue weighted by Gasteiger charge is 2.32. The van der Waals surface area contributed by atoms with E-state index in [4.69, 9.17) is 4.99 Å². The maximum atomic E-state index is 12.6. The minimum Gasteiger partial charge on any atom is -0.357 e. The van der Waals surface area contributed by atoms with Crippen molar-refractivity contribution in [2.24, 2.45) is 16.8 Å². The Labute approximate surface area is 201 Å². The predicted molar refractivity (Wildman–Crippen MR) is 136 cm³/mol. The van der Waals surface area contributed by atoms with Crippen LogP contribution in [0.1, 0.15) is 71.6 Å². The van der Waals surface area contributed by atoms with Crippen molar-refractivity contribution in [2.45, 2.75) is 77.7 Å². The number of nitrogens with zero attached hydrogens (tertiary/aromatic N) is 3. The summed E-state index contributed by atoms with van der Waals surface area (Å²) in [6.45, 7) is 11.7. The van der Waals surface area contributed by atoms with Crippen LogP contribution in [0.15, 0.2) is 4.99 Å². The van der Waals surface area contributed by atoms with E-state index in [2.05, 4.69) is 34.3 Å². The molecule has 3 rings (SSSR count). The molecule has 2 N–H and O–H groups in total. The molecule has 1 saturated carbocycles. The standard InChI is InChI=1S/C23H43N5O.HI/c1-3-24-23(25-13-6-7-14-27-15-8-9-19(2)17-27)26-21-12-16-28(18-21)22(29)20-10-4-5-11-20;/h19-21H,3-18H2,1-2H3,(H2,24,25,26);1H. The van der Waals surface area contributed by atoms with E-state index in [1.54, 1.807) is 0 Å². The van der Waals surface area contributed by atoms with Crippen molar-refractivity contribution in [3.63, 3.8) is 0 Å². The average molecular weight is 534 g/mol. The van der Waals surface area contributed by atoms with Gasteiger partial charge in [-0.25, -0.2) is 0 Å². The van der Waals surface area contributed by atoms with E-state index < -0.39 is 0 Å². The summed E-state index contributed by atoms with van der Waals surface area (Å²) in [4.78, 5) is 22.1. The molecule has 2 saturated heterocycles. The average Bonchev–Trinajstić information content (AvgIpc) is 3.40. The molecule has 2 heterocycles. The normalized spacial score (nSPS) is 25.9. The van der Waals surface area contributed by atoms with Crippen LogP contribution in [0.25, 0.3) is 0 Å². The van der Waals surface area contributed by atoms with Crippen molar-refractivity contribution in [1.29, 1.82) is 0 Å². The summed E-state index contributed by atoms with van der Waals surface area (Å²) in [7, 11) is 0. The maximum Gasteiger partial charge on any atom is 0.225 e. The van der Waals surface area contributed by atoms with Gasteiger partial charge < -0.3 is 20.4 Å². The van der Waals surface area contributed by atoms with E-state index in [1.165, 1.54) is 51.7 Å². The summed E-state index contributed by atoms with van der Waals surface area (Å²) in [6.07, 6.45) is 10.8. The second-order valence-corrected chi connectivity index (χ2v) is 9.41. The molecule has 2 aliphatic heterocycles. The van der Waals surface area contributed by atoms with Crippen LogP contribution in [-0.2, 0) is 4.79 Å². The summed E-state index contributed by atoms with van der Waals surface area (Å²) in [5, 5.41) is 6.95. The van der Waals surface area contributed by atoms with Crippen LogP contribution in [0.2, 0.25) is 0 Å². The van der Waals surface area contributed by atoms with Gasteiger partial charge in [0.05, 0.1) is 0 Å². The predicted octanol–water partition coefficient (Wildman–Crippen LogP) is 3.46.